The molecule has 96 valence electrons. The molecule has 0 heterocycles. The van der Waals surface area contributed by atoms with Crippen LogP contribution in [0.2, 0.25) is 0 Å². The van der Waals surface area contributed by atoms with Crippen molar-refractivity contribution in [2.24, 2.45) is 0 Å². The summed E-state index contributed by atoms with van der Waals surface area (Å²) < 4.78 is 0.821. The standard InChI is InChI=1S/C12H13BrN2O3/c1-2-4-10(11(16)17)15-12(18)14-9-6-3-5-8(13)7-9/h2-3,5-7,10H,1,4H2,(H,16,17)(H2,14,15,18). The van der Waals surface area contributed by atoms with Crippen LogP contribution in [-0.4, -0.2) is 23.1 Å². The van der Waals surface area contributed by atoms with Crippen LogP contribution in [0.3, 0.4) is 0 Å². The second kappa shape index (κ2) is 6.80. The fourth-order valence-electron chi connectivity index (χ4n) is 1.28. The minimum Gasteiger partial charge on any atom is -0.480 e. The second-order valence-electron chi connectivity index (χ2n) is 3.52. The maximum Gasteiger partial charge on any atom is 0.326 e. The molecule has 0 radical (unpaired) electrons. The number of carboxylic acid groups (broad SMARTS) is 1. The Morgan fingerprint density at radius 2 is 2.22 bits per heavy atom. The molecular formula is C12H13BrN2O3. The van der Waals surface area contributed by atoms with E-state index in [4.69, 9.17) is 5.11 Å². The first kappa shape index (κ1) is 14.2. The van der Waals surface area contributed by atoms with Crippen molar-refractivity contribution in [2.75, 3.05) is 5.32 Å². The lowest BCUT2D eigenvalue weighted by atomic mass is 10.2. The van der Waals surface area contributed by atoms with Crippen molar-refractivity contribution in [3.8, 4) is 0 Å². The van der Waals surface area contributed by atoms with Crippen molar-refractivity contribution in [3.05, 3.63) is 41.4 Å². The Morgan fingerprint density at radius 3 is 2.78 bits per heavy atom. The molecule has 5 nitrogen and oxygen atoms in total. The normalized spacial score (nSPS) is 11.4. The summed E-state index contributed by atoms with van der Waals surface area (Å²) in [6.07, 6.45) is 1.61. The Hall–Kier alpha value is -1.82. The average molecular weight is 313 g/mol. The minimum atomic E-state index is -1.10. The number of carbonyl (C=O) groups is 2. The number of benzene rings is 1. The van der Waals surface area contributed by atoms with E-state index in [0.717, 1.165) is 4.47 Å². The highest BCUT2D eigenvalue weighted by Crippen LogP contribution is 2.15. The van der Waals surface area contributed by atoms with Crippen LogP contribution in [0.25, 0.3) is 0 Å². The largest absolute Gasteiger partial charge is 0.480 e. The van der Waals surface area contributed by atoms with Gasteiger partial charge in [0.05, 0.1) is 0 Å². The Kier molecular flexibility index (Phi) is 5.38. The molecule has 1 aromatic carbocycles. The zero-order valence-electron chi connectivity index (χ0n) is 9.52. The zero-order valence-corrected chi connectivity index (χ0v) is 11.1. The number of hydrogen-bond donors (Lipinski definition) is 3. The number of carbonyl (C=O) groups excluding carboxylic acids is 1. The smallest absolute Gasteiger partial charge is 0.326 e. The van der Waals surface area contributed by atoms with Crippen molar-refractivity contribution in [1.29, 1.82) is 0 Å². The number of hydrogen-bond acceptors (Lipinski definition) is 2. The summed E-state index contributed by atoms with van der Waals surface area (Å²) in [5, 5.41) is 13.8. The first-order valence-electron chi connectivity index (χ1n) is 5.19. The van der Waals surface area contributed by atoms with E-state index < -0.39 is 18.0 Å². The summed E-state index contributed by atoms with van der Waals surface area (Å²) >= 11 is 3.27. The van der Waals surface area contributed by atoms with Gasteiger partial charge in [-0.1, -0.05) is 28.1 Å². The summed E-state index contributed by atoms with van der Waals surface area (Å²) in [5.41, 5.74) is 0.574. The molecule has 1 unspecified atom stereocenters. The van der Waals surface area contributed by atoms with Gasteiger partial charge in [0.25, 0.3) is 0 Å². The van der Waals surface area contributed by atoms with E-state index in [-0.39, 0.29) is 6.42 Å². The van der Waals surface area contributed by atoms with Crippen LogP contribution in [0.1, 0.15) is 6.42 Å². The number of urea groups is 1. The predicted octanol–water partition coefficient (Wildman–Crippen LogP) is 2.60. The molecule has 1 rings (SSSR count). The summed E-state index contributed by atoms with van der Waals surface area (Å²) in [5.74, 6) is -1.10. The fraction of sp³-hybridized carbons (Fsp3) is 0.167. The van der Waals surface area contributed by atoms with Crippen LogP contribution < -0.4 is 10.6 Å². The molecule has 0 fully saturated rings. The van der Waals surface area contributed by atoms with Crippen molar-refractivity contribution in [1.82, 2.24) is 5.32 Å². The van der Waals surface area contributed by atoms with Gasteiger partial charge in [-0.3, -0.25) is 0 Å². The van der Waals surface area contributed by atoms with Gasteiger partial charge in [0.2, 0.25) is 0 Å². The third-order valence-corrected chi connectivity index (χ3v) is 2.58. The molecule has 0 aliphatic rings. The molecule has 0 spiro atoms. The monoisotopic (exact) mass is 312 g/mol. The number of carboxylic acids is 1. The molecule has 3 N–H and O–H groups in total. The molecule has 6 heteroatoms. The first-order valence-corrected chi connectivity index (χ1v) is 5.99. The number of nitrogens with one attached hydrogen (secondary N) is 2. The Labute approximate surface area is 113 Å². The van der Waals surface area contributed by atoms with E-state index in [1.165, 1.54) is 6.08 Å². The highest BCUT2D eigenvalue weighted by molar-refractivity contribution is 9.10. The third-order valence-electron chi connectivity index (χ3n) is 2.09. The molecule has 0 aromatic heterocycles. The van der Waals surface area contributed by atoms with Crippen LogP contribution in [0.4, 0.5) is 10.5 Å². The lowest BCUT2D eigenvalue weighted by Crippen LogP contribution is -2.42. The van der Waals surface area contributed by atoms with E-state index in [9.17, 15) is 9.59 Å². The van der Waals surface area contributed by atoms with Crippen molar-refractivity contribution < 1.29 is 14.7 Å². The van der Waals surface area contributed by atoms with Gasteiger partial charge >= 0.3 is 12.0 Å². The van der Waals surface area contributed by atoms with E-state index in [1.807, 2.05) is 6.07 Å². The number of anilines is 1. The topological polar surface area (TPSA) is 78.4 Å². The van der Waals surface area contributed by atoms with Gasteiger partial charge in [-0.2, -0.15) is 0 Å². The molecule has 1 aromatic rings. The maximum absolute atomic E-state index is 11.6. The molecule has 0 aliphatic heterocycles. The van der Waals surface area contributed by atoms with Crippen LogP contribution >= 0.6 is 15.9 Å². The Bertz CT molecular complexity index is 462. The zero-order chi connectivity index (χ0) is 13.5. The van der Waals surface area contributed by atoms with Crippen molar-refractivity contribution in [2.45, 2.75) is 12.5 Å². The molecular weight excluding hydrogens is 300 g/mol. The summed E-state index contributed by atoms with van der Waals surface area (Å²) in [6, 6.07) is 5.45. The molecule has 1 atom stereocenters. The fourth-order valence-corrected chi connectivity index (χ4v) is 1.68. The van der Waals surface area contributed by atoms with Gasteiger partial charge in [-0.05, 0) is 24.6 Å². The average Bonchev–Trinajstić information content (AvgIpc) is 2.28. The van der Waals surface area contributed by atoms with E-state index in [1.54, 1.807) is 18.2 Å². The van der Waals surface area contributed by atoms with Gasteiger partial charge in [-0.25, -0.2) is 9.59 Å². The van der Waals surface area contributed by atoms with Gasteiger partial charge in [-0.15, -0.1) is 6.58 Å². The molecule has 2 amide bonds. The van der Waals surface area contributed by atoms with Crippen LogP contribution in [0.15, 0.2) is 41.4 Å². The van der Waals surface area contributed by atoms with Crippen molar-refractivity contribution >= 4 is 33.6 Å². The Morgan fingerprint density at radius 1 is 1.50 bits per heavy atom. The van der Waals surface area contributed by atoms with Crippen LogP contribution in [0.5, 0.6) is 0 Å². The Balaban J connectivity index is 2.60. The first-order chi connectivity index (χ1) is 8.52. The lowest BCUT2D eigenvalue weighted by molar-refractivity contribution is -0.139. The highest BCUT2D eigenvalue weighted by atomic mass is 79.9. The molecule has 0 saturated carbocycles. The lowest BCUT2D eigenvalue weighted by Gasteiger charge is -2.13. The van der Waals surface area contributed by atoms with Gasteiger partial charge in [0.15, 0.2) is 0 Å². The summed E-state index contributed by atoms with van der Waals surface area (Å²) in [6.45, 7) is 3.44. The van der Waals surface area contributed by atoms with Crippen LogP contribution in [0, 0.1) is 0 Å². The van der Waals surface area contributed by atoms with Crippen LogP contribution in [-0.2, 0) is 4.79 Å². The molecule has 0 saturated heterocycles. The van der Waals surface area contributed by atoms with Gasteiger partial charge < -0.3 is 15.7 Å². The number of halogens is 1. The summed E-state index contributed by atoms with van der Waals surface area (Å²) in [7, 11) is 0. The molecule has 18 heavy (non-hydrogen) atoms. The van der Waals surface area contributed by atoms with Gasteiger partial charge in [0, 0.05) is 10.2 Å². The highest BCUT2D eigenvalue weighted by Gasteiger charge is 2.17. The minimum absolute atomic E-state index is 0.168. The van der Waals surface area contributed by atoms with Gasteiger partial charge in [0.1, 0.15) is 6.04 Å². The molecule has 0 aliphatic carbocycles. The number of amides is 2. The van der Waals surface area contributed by atoms with E-state index in [2.05, 4.69) is 33.1 Å². The second-order valence-corrected chi connectivity index (χ2v) is 4.44. The third kappa shape index (κ3) is 4.58. The van der Waals surface area contributed by atoms with E-state index in [0.29, 0.717) is 5.69 Å². The van der Waals surface area contributed by atoms with E-state index >= 15 is 0 Å². The van der Waals surface area contributed by atoms with Crippen molar-refractivity contribution in [3.63, 3.8) is 0 Å². The number of aliphatic carboxylic acids is 1. The summed E-state index contributed by atoms with van der Waals surface area (Å²) in [4.78, 5) is 22.4. The maximum atomic E-state index is 11.6. The SMILES string of the molecule is C=CCC(NC(=O)Nc1cccc(Br)c1)C(=O)O. The predicted molar refractivity (Wildman–Crippen MR) is 72.5 cm³/mol. The number of rotatable bonds is 5. The molecule has 0 bridgehead atoms. The quantitative estimate of drug-likeness (QED) is 0.731.